The van der Waals surface area contributed by atoms with Crippen molar-refractivity contribution < 1.29 is 17.9 Å². The highest BCUT2D eigenvalue weighted by Crippen LogP contribution is 2.37. The Kier molecular flexibility index (Phi) is 8.90. The number of hydrogen-bond donors (Lipinski definition) is 1. The number of rotatable bonds is 8. The van der Waals surface area contributed by atoms with Crippen LogP contribution < -0.4 is 10.9 Å². The Morgan fingerprint density at radius 2 is 1.92 bits per heavy atom. The molecule has 1 atom stereocenters. The summed E-state index contributed by atoms with van der Waals surface area (Å²) in [6, 6.07) is 6.77. The van der Waals surface area contributed by atoms with Crippen molar-refractivity contribution in [2.75, 3.05) is 25.1 Å². The third kappa shape index (κ3) is 6.74. The second-order valence-electron chi connectivity index (χ2n) is 11.3. The summed E-state index contributed by atoms with van der Waals surface area (Å²) < 4.78 is 43.1. The molecule has 0 spiro atoms. The van der Waals surface area contributed by atoms with Crippen LogP contribution in [0.1, 0.15) is 45.2 Å². The van der Waals surface area contributed by atoms with Gasteiger partial charge in [-0.15, -0.1) is 0 Å². The van der Waals surface area contributed by atoms with Gasteiger partial charge in [0.2, 0.25) is 5.95 Å². The standard InChI is InChI=1S/C28H35ClF2N4O3Si/c1-28(2,3)39(4,5)38-17-24(18-6-7-21(29)22(30)16-18)35-13-9-20(25(31)26(35)36)23-8-12-32-27(34-23)33-19-10-14-37-15-11-19/h6-9,12-13,16,19,24H,10-11,14-15,17H2,1-5H3,(H,32,33,34). The molecule has 7 nitrogen and oxygen atoms in total. The number of pyridine rings is 1. The molecule has 39 heavy (non-hydrogen) atoms. The van der Waals surface area contributed by atoms with Gasteiger partial charge in [-0.2, -0.15) is 0 Å². The Balaban J connectivity index is 1.68. The highest BCUT2D eigenvalue weighted by Gasteiger charge is 2.38. The molecule has 0 saturated carbocycles. The fourth-order valence-electron chi connectivity index (χ4n) is 4.13. The Labute approximate surface area is 233 Å². The molecule has 1 fully saturated rings. The Morgan fingerprint density at radius 3 is 2.59 bits per heavy atom. The fraction of sp³-hybridized carbons (Fsp3) is 0.464. The molecule has 0 amide bonds. The minimum atomic E-state index is -2.24. The summed E-state index contributed by atoms with van der Waals surface area (Å²) in [7, 11) is -2.24. The first-order valence-electron chi connectivity index (χ1n) is 13.0. The van der Waals surface area contributed by atoms with Crippen molar-refractivity contribution in [1.29, 1.82) is 0 Å². The maximum atomic E-state index is 15.7. The molecule has 0 aliphatic carbocycles. The third-order valence-electron chi connectivity index (χ3n) is 7.62. The predicted octanol–water partition coefficient (Wildman–Crippen LogP) is 6.44. The van der Waals surface area contributed by atoms with E-state index in [0.29, 0.717) is 24.7 Å². The van der Waals surface area contributed by atoms with Gasteiger partial charge in [-0.05, 0) is 60.8 Å². The summed E-state index contributed by atoms with van der Waals surface area (Å²) in [4.78, 5) is 22.1. The highest BCUT2D eigenvalue weighted by molar-refractivity contribution is 6.74. The molecule has 1 saturated heterocycles. The minimum Gasteiger partial charge on any atom is -0.414 e. The van der Waals surface area contributed by atoms with Gasteiger partial charge in [0.05, 0.1) is 23.4 Å². The molecule has 1 aromatic carbocycles. The van der Waals surface area contributed by atoms with E-state index in [2.05, 4.69) is 49.1 Å². The molecular weight excluding hydrogens is 542 g/mol. The fourth-order valence-corrected chi connectivity index (χ4v) is 5.26. The second kappa shape index (κ2) is 11.8. The summed E-state index contributed by atoms with van der Waals surface area (Å²) in [6.45, 7) is 11.9. The average Bonchev–Trinajstić information content (AvgIpc) is 2.88. The molecule has 3 heterocycles. The van der Waals surface area contributed by atoms with Gasteiger partial charge in [0.1, 0.15) is 5.82 Å². The quantitative estimate of drug-likeness (QED) is 0.311. The van der Waals surface area contributed by atoms with Crippen LogP contribution in [0.15, 0.2) is 47.5 Å². The highest BCUT2D eigenvalue weighted by atomic mass is 35.5. The van der Waals surface area contributed by atoms with Crippen molar-refractivity contribution in [1.82, 2.24) is 14.5 Å². The molecule has 0 bridgehead atoms. The van der Waals surface area contributed by atoms with E-state index >= 15 is 4.39 Å². The van der Waals surface area contributed by atoms with Gasteiger partial charge in [0.15, 0.2) is 14.1 Å². The Bertz CT molecular complexity index is 1370. The van der Waals surface area contributed by atoms with Gasteiger partial charge in [0.25, 0.3) is 5.56 Å². The maximum absolute atomic E-state index is 15.7. The van der Waals surface area contributed by atoms with Gasteiger partial charge in [-0.1, -0.05) is 38.4 Å². The lowest BCUT2D eigenvalue weighted by Gasteiger charge is -2.37. The molecule has 0 radical (unpaired) electrons. The van der Waals surface area contributed by atoms with Crippen LogP contribution in [0.4, 0.5) is 14.7 Å². The first-order chi connectivity index (χ1) is 18.4. The monoisotopic (exact) mass is 576 g/mol. The zero-order valence-electron chi connectivity index (χ0n) is 22.9. The van der Waals surface area contributed by atoms with Crippen molar-refractivity contribution in [2.24, 2.45) is 0 Å². The SMILES string of the molecule is CC(C)(C)[Si](C)(C)OCC(c1ccc(Cl)c(F)c1)n1ccc(-c2ccnc(NC3CCOCC3)n2)c(F)c1=O. The van der Waals surface area contributed by atoms with Crippen LogP contribution in [0, 0.1) is 11.6 Å². The van der Waals surface area contributed by atoms with Gasteiger partial charge >= 0.3 is 0 Å². The van der Waals surface area contributed by atoms with E-state index in [-0.39, 0.29) is 34.0 Å². The van der Waals surface area contributed by atoms with Crippen molar-refractivity contribution in [3.8, 4) is 11.3 Å². The van der Waals surface area contributed by atoms with Crippen LogP contribution in [0.25, 0.3) is 11.3 Å². The average molecular weight is 577 g/mol. The van der Waals surface area contributed by atoms with Gasteiger partial charge in [-0.25, -0.2) is 18.7 Å². The maximum Gasteiger partial charge on any atom is 0.287 e. The lowest BCUT2D eigenvalue weighted by molar-refractivity contribution is 0.0903. The molecular formula is C28H35ClF2N4O3Si. The molecule has 2 aromatic heterocycles. The number of benzene rings is 1. The van der Waals surface area contributed by atoms with Crippen LogP contribution in [0.5, 0.6) is 0 Å². The normalized spacial score (nSPS) is 15.8. The van der Waals surface area contributed by atoms with Crippen LogP contribution in [0.3, 0.4) is 0 Å². The number of hydrogen-bond acceptors (Lipinski definition) is 6. The number of nitrogens with zero attached hydrogens (tertiary/aromatic N) is 3. The zero-order chi connectivity index (χ0) is 28.4. The lowest BCUT2D eigenvalue weighted by atomic mass is 10.1. The summed E-state index contributed by atoms with van der Waals surface area (Å²) in [5.74, 6) is -1.22. The summed E-state index contributed by atoms with van der Waals surface area (Å²) in [5, 5.41) is 3.13. The van der Waals surface area contributed by atoms with E-state index in [9.17, 15) is 9.18 Å². The summed E-state index contributed by atoms with van der Waals surface area (Å²) >= 11 is 5.91. The molecule has 1 N–H and O–H groups in total. The van der Waals surface area contributed by atoms with Crippen LogP contribution in [-0.4, -0.2) is 48.7 Å². The van der Waals surface area contributed by atoms with Crippen LogP contribution in [-0.2, 0) is 9.16 Å². The van der Waals surface area contributed by atoms with E-state index in [0.717, 1.165) is 12.8 Å². The first-order valence-corrected chi connectivity index (χ1v) is 16.3. The van der Waals surface area contributed by atoms with E-state index in [1.807, 2.05) is 0 Å². The van der Waals surface area contributed by atoms with E-state index in [4.69, 9.17) is 20.8 Å². The molecule has 210 valence electrons. The Morgan fingerprint density at radius 1 is 1.21 bits per heavy atom. The van der Waals surface area contributed by atoms with E-state index in [1.165, 1.54) is 35.2 Å². The number of ether oxygens (including phenoxy) is 1. The number of nitrogens with one attached hydrogen (secondary N) is 1. The van der Waals surface area contributed by atoms with Gasteiger partial charge < -0.3 is 19.0 Å². The number of halogens is 3. The molecule has 1 aliphatic rings. The van der Waals surface area contributed by atoms with Crippen LogP contribution >= 0.6 is 11.6 Å². The topological polar surface area (TPSA) is 78.3 Å². The number of aromatic nitrogens is 3. The zero-order valence-corrected chi connectivity index (χ0v) is 24.7. The first kappa shape index (κ1) is 29.3. The number of anilines is 1. The van der Waals surface area contributed by atoms with Gasteiger partial charge in [0, 0.05) is 37.2 Å². The summed E-state index contributed by atoms with van der Waals surface area (Å²) in [5.41, 5.74) is -0.0629. The molecule has 11 heteroatoms. The van der Waals surface area contributed by atoms with Crippen LogP contribution in [0.2, 0.25) is 23.2 Å². The van der Waals surface area contributed by atoms with Gasteiger partial charge in [-0.3, -0.25) is 4.79 Å². The van der Waals surface area contributed by atoms with Crippen molar-refractivity contribution in [2.45, 2.75) is 63.8 Å². The second-order valence-corrected chi connectivity index (χ2v) is 16.5. The van der Waals surface area contributed by atoms with Crippen molar-refractivity contribution in [3.63, 3.8) is 0 Å². The predicted molar refractivity (Wildman–Crippen MR) is 152 cm³/mol. The molecule has 1 unspecified atom stereocenters. The third-order valence-corrected chi connectivity index (χ3v) is 12.4. The largest absolute Gasteiger partial charge is 0.414 e. The van der Waals surface area contributed by atoms with E-state index < -0.39 is 31.6 Å². The molecule has 3 aromatic rings. The summed E-state index contributed by atoms with van der Waals surface area (Å²) in [6.07, 6.45) is 4.67. The van der Waals surface area contributed by atoms with Crippen molar-refractivity contribution >= 4 is 25.9 Å². The molecule has 1 aliphatic heterocycles. The molecule has 4 rings (SSSR count). The van der Waals surface area contributed by atoms with E-state index in [1.54, 1.807) is 12.1 Å². The smallest absolute Gasteiger partial charge is 0.287 e. The van der Waals surface area contributed by atoms with Crippen molar-refractivity contribution in [3.05, 3.63) is 75.3 Å². The minimum absolute atomic E-state index is 0.0365. The Hall–Kier alpha value is -2.66. The lowest BCUT2D eigenvalue weighted by Crippen LogP contribution is -2.43.